The smallest absolute Gasteiger partial charge is 0.318 e. The van der Waals surface area contributed by atoms with Crippen molar-refractivity contribution < 1.29 is 9.47 Å². The van der Waals surface area contributed by atoms with E-state index in [1.807, 2.05) is 30.3 Å². The predicted octanol–water partition coefficient (Wildman–Crippen LogP) is 3.95. The Labute approximate surface area is 198 Å². The van der Waals surface area contributed by atoms with Crippen LogP contribution in [0.25, 0.3) is 0 Å². The average molecular weight is 455 g/mol. The Morgan fingerprint density at radius 3 is 2.52 bits per heavy atom. The lowest BCUT2D eigenvalue weighted by Gasteiger charge is -2.24. The first-order chi connectivity index (χ1) is 16.0. The fourth-order valence-electron chi connectivity index (χ4n) is 3.70. The van der Waals surface area contributed by atoms with E-state index in [1.165, 1.54) is 0 Å². The summed E-state index contributed by atoms with van der Waals surface area (Å²) in [5.74, 6) is 2.09. The molecule has 1 N–H and O–H groups in total. The molecule has 33 heavy (non-hydrogen) atoms. The molecule has 0 radical (unpaired) electrons. The van der Waals surface area contributed by atoms with Crippen LogP contribution in [0.1, 0.15) is 51.9 Å². The summed E-state index contributed by atoms with van der Waals surface area (Å²) < 4.78 is 11.8. The third kappa shape index (κ3) is 7.60. The van der Waals surface area contributed by atoms with Gasteiger partial charge in [0.15, 0.2) is 5.88 Å². The van der Waals surface area contributed by atoms with Crippen LogP contribution in [-0.4, -0.2) is 52.8 Å². The van der Waals surface area contributed by atoms with Gasteiger partial charge < -0.3 is 14.4 Å². The zero-order valence-corrected chi connectivity index (χ0v) is 20.6. The average Bonchev–Trinajstić information content (AvgIpc) is 3.10. The highest BCUT2D eigenvalue weighted by Crippen LogP contribution is 2.22. The number of aromatic nitrogens is 3. The number of anilines is 1. The van der Waals surface area contributed by atoms with Gasteiger partial charge in [-0.2, -0.15) is 9.97 Å². The van der Waals surface area contributed by atoms with E-state index < -0.39 is 0 Å². The topological polar surface area (TPSA) is 75.6 Å². The Kier molecular flexibility index (Phi) is 9.30. The number of hydrazine groups is 1. The molecule has 1 aliphatic heterocycles. The van der Waals surface area contributed by atoms with Gasteiger partial charge in [-0.1, -0.05) is 26.8 Å². The van der Waals surface area contributed by atoms with Gasteiger partial charge >= 0.3 is 6.01 Å². The van der Waals surface area contributed by atoms with Gasteiger partial charge in [0.25, 0.3) is 0 Å². The molecule has 1 aliphatic rings. The number of nitrogens with one attached hydrogen (secondary N) is 1. The van der Waals surface area contributed by atoms with Gasteiger partial charge in [0.1, 0.15) is 11.9 Å². The molecule has 3 heterocycles. The minimum Gasteiger partial charge on any atom is -0.475 e. The number of ether oxygens (including phenoxy) is 2. The van der Waals surface area contributed by atoms with Gasteiger partial charge in [-0.3, -0.25) is 10.4 Å². The van der Waals surface area contributed by atoms with Crippen molar-refractivity contribution in [2.75, 3.05) is 31.6 Å². The Morgan fingerprint density at radius 2 is 1.88 bits per heavy atom. The number of rotatable bonds is 13. The molecule has 2 aromatic rings. The number of nitrogens with zero attached hydrogens (tertiary/aromatic N) is 5. The number of hydrogen-bond acceptors (Lipinski definition) is 8. The van der Waals surface area contributed by atoms with Crippen molar-refractivity contribution in [2.45, 2.75) is 59.6 Å². The molecule has 180 valence electrons. The quantitative estimate of drug-likeness (QED) is 0.456. The maximum absolute atomic E-state index is 5.98. The van der Waals surface area contributed by atoms with Crippen LogP contribution in [0.3, 0.4) is 0 Å². The lowest BCUT2D eigenvalue weighted by atomic mass is 10.1. The van der Waals surface area contributed by atoms with Crippen molar-refractivity contribution in [1.29, 1.82) is 0 Å². The van der Waals surface area contributed by atoms with E-state index >= 15 is 0 Å². The van der Waals surface area contributed by atoms with Gasteiger partial charge in [-0.25, -0.2) is 5.01 Å². The number of hydrogen-bond donors (Lipinski definition) is 1. The van der Waals surface area contributed by atoms with Crippen molar-refractivity contribution in [3.05, 3.63) is 53.8 Å². The van der Waals surface area contributed by atoms with E-state index in [0.29, 0.717) is 31.5 Å². The maximum atomic E-state index is 5.98. The minimum absolute atomic E-state index is 0.183. The Morgan fingerprint density at radius 1 is 1.09 bits per heavy atom. The fourth-order valence-corrected chi connectivity index (χ4v) is 3.70. The third-order valence-electron chi connectivity index (χ3n) is 5.54. The van der Waals surface area contributed by atoms with E-state index in [2.05, 4.69) is 60.1 Å². The fraction of sp³-hybridized carbons (Fsp3) is 0.560. The molecule has 8 heteroatoms. The summed E-state index contributed by atoms with van der Waals surface area (Å²) in [5, 5.41) is 1.98. The van der Waals surface area contributed by atoms with Gasteiger partial charge in [0.2, 0.25) is 0 Å². The van der Waals surface area contributed by atoms with Crippen LogP contribution in [-0.2, 0) is 17.7 Å². The first-order valence-electron chi connectivity index (χ1n) is 12.0. The summed E-state index contributed by atoms with van der Waals surface area (Å²) >= 11 is 0. The van der Waals surface area contributed by atoms with Crippen molar-refractivity contribution in [2.24, 2.45) is 5.92 Å². The summed E-state index contributed by atoms with van der Waals surface area (Å²) in [4.78, 5) is 16.1. The SMILES string of the molecule is CCCN(CCC)c1cc(CN(C)NC2=CC(C)C(C)O2)nc(OCCc2ccccn2)n1. The summed E-state index contributed by atoms with van der Waals surface area (Å²) in [6, 6.07) is 8.36. The molecule has 2 aromatic heterocycles. The third-order valence-corrected chi connectivity index (χ3v) is 5.54. The molecule has 0 bridgehead atoms. The van der Waals surface area contributed by atoms with Crippen molar-refractivity contribution in [3.63, 3.8) is 0 Å². The second kappa shape index (κ2) is 12.4. The lowest BCUT2D eigenvalue weighted by Crippen LogP contribution is -2.34. The van der Waals surface area contributed by atoms with Gasteiger partial charge in [-0.05, 0) is 38.0 Å². The highest BCUT2D eigenvalue weighted by Gasteiger charge is 2.22. The Bertz CT molecular complexity index is 886. The molecule has 0 aliphatic carbocycles. The van der Waals surface area contributed by atoms with Crippen LogP contribution >= 0.6 is 0 Å². The van der Waals surface area contributed by atoms with Crippen LogP contribution in [0.4, 0.5) is 5.82 Å². The molecule has 0 amide bonds. The predicted molar refractivity (Wildman–Crippen MR) is 131 cm³/mol. The van der Waals surface area contributed by atoms with Crippen LogP contribution < -0.4 is 15.1 Å². The molecule has 2 atom stereocenters. The summed E-state index contributed by atoms with van der Waals surface area (Å²) in [6.45, 7) is 11.6. The van der Waals surface area contributed by atoms with E-state index in [9.17, 15) is 0 Å². The molecular formula is C25H38N6O2. The van der Waals surface area contributed by atoms with Crippen LogP contribution in [0.5, 0.6) is 6.01 Å². The molecule has 0 saturated carbocycles. The van der Waals surface area contributed by atoms with Crippen molar-refractivity contribution >= 4 is 5.82 Å². The molecule has 3 rings (SSSR count). The van der Waals surface area contributed by atoms with Crippen molar-refractivity contribution in [1.82, 2.24) is 25.4 Å². The lowest BCUT2D eigenvalue weighted by molar-refractivity contribution is 0.0856. The molecule has 0 saturated heterocycles. The Balaban J connectivity index is 1.72. The monoisotopic (exact) mass is 454 g/mol. The maximum Gasteiger partial charge on any atom is 0.318 e. The zero-order chi connectivity index (χ0) is 23.6. The van der Waals surface area contributed by atoms with E-state index in [1.54, 1.807) is 6.20 Å². The highest BCUT2D eigenvalue weighted by molar-refractivity contribution is 5.41. The van der Waals surface area contributed by atoms with Crippen LogP contribution in [0.15, 0.2) is 42.4 Å². The molecule has 0 aromatic carbocycles. The first kappa shape index (κ1) is 24.8. The second-order valence-electron chi connectivity index (χ2n) is 8.59. The van der Waals surface area contributed by atoms with Crippen LogP contribution in [0, 0.1) is 5.92 Å². The van der Waals surface area contributed by atoms with E-state index in [-0.39, 0.29) is 6.10 Å². The zero-order valence-electron chi connectivity index (χ0n) is 20.6. The van der Waals surface area contributed by atoms with Gasteiger partial charge in [-0.15, -0.1) is 0 Å². The second-order valence-corrected chi connectivity index (χ2v) is 8.59. The normalized spacial score (nSPS) is 17.6. The molecule has 0 fully saturated rings. The summed E-state index contributed by atoms with van der Waals surface area (Å²) in [6.07, 6.45) is 6.91. The standard InChI is InChI=1S/C25H38N6O2/c1-6-13-31(14-7-2)23-17-22(18-30(5)29-24-16-19(3)20(4)33-24)27-25(28-23)32-15-11-21-10-8-9-12-26-21/h8-10,12,16-17,19-20,29H,6-7,11,13-15,18H2,1-5H3. The van der Waals surface area contributed by atoms with Gasteiger partial charge in [0.05, 0.1) is 18.8 Å². The van der Waals surface area contributed by atoms with E-state index in [4.69, 9.17) is 14.5 Å². The van der Waals surface area contributed by atoms with Crippen LogP contribution in [0.2, 0.25) is 0 Å². The largest absolute Gasteiger partial charge is 0.475 e. The summed E-state index contributed by atoms with van der Waals surface area (Å²) in [7, 11) is 1.98. The first-order valence-corrected chi connectivity index (χ1v) is 12.0. The van der Waals surface area contributed by atoms with Gasteiger partial charge in [0, 0.05) is 50.4 Å². The van der Waals surface area contributed by atoms with E-state index in [0.717, 1.165) is 49.0 Å². The molecule has 0 spiro atoms. The minimum atomic E-state index is 0.183. The molecular weight excluding hydrogens is 416 g/mol. The highest BCUT2D eigenvalue weighted by atomic mass is 16.5. The molecule has 8 nitrogen and oxygen atoms in total. The van der Waals surface area contributed by atoms with Crippen molar-refractivity contribution in [3.8, 4) is 6.01 Å². The number of pyridine rings is 1. The summed E-state index contributed by atoms with van der Waals surface area (Å²) in [5.41, 5.74) is 5.20. The molecule has 2 unspecified atom stereocenters. The Hall–Kier alpha value is -2.87.